The minimum atomic E-state index is -0.363. The number of hydrogen-bond acceptors (Lipinski definition) is 2. The van der Waals surface area contributed by atoms with Gasteiger partial charge >= 0.3 is 0 Å². The Morgan fingerprint density at radius 1 is 0.882 bits per heavy atom. The van der Waals surface area contributed by atoms with E-state index in [9.17, 15) is 9.59 Å². The van der Waals surface area contributed by atoms with Gasteiger partial charge in [0.25, 0.3) is 0 Å². The van der Waals surface area contributed by atoms with Crippen LogP contribution in [-0.4, -0.2) is 11.6 Å². The molecule has 0 saturated heterocycles. The number of ketones is 2. The average molecular weight is 245 g/mol. The van der Waals surface area contributed by atoms with Crippen LogP contribution in [-0.2, 0) is 0 Å². The van der Waals surface area contributed by atoms with Gasteiger partial charge in [-0.25, -0.2) is 0 Å². The summed E-state index contributed by atoms with van der Waals surface area (Å²) in [4.78, 5) is 24.5. The highest BCUT2D eigenvalue weighted by Crippen LogP contribution is 2.34. The zero-order chi connectivity index (χ0) is 12.0. The maximum absolute atomic E-state index is 12.3. The Bertz CT molecular complexity index is 584. The first-order chi connectivity index (χ1) is 8.18. The Morgan fingerprint density at radius 2 is 1.47 bits per heavy atom. The van der Waals surface area contributed by atoms with Crippen LogP contribution in [0.25, 0.3) is 0 Å². The van der Waals surface area contributed by atoms with E-state index < -0.39 is 0 Å². The number of halogens is 1. The summed E-state index contributed by atoms with van der Waals surface area (Å²) >= 11 is 5.87. The first kappa shape index (κ1) is 10.5. The third-order valence-electron chi connectivity index (χ3n) is 3.25. The molecule has 0 N–H and O–H groups in total. The molecule has 0 bridgehead atoms. The molecule has 0 aliphatic heterocycles. The van der Waals surface area contributed by atoms with Crippen LogP contribution < -0.4 is 0 Å². The van der Waals surface area contributed by atoms with E-state index in [0.717, 1.165) is 0 Å². The lowest BCUT2D eigenvalue weighted by Gasteiger charge is -2.28. The van der Waals surface area contributed by atoms with Crippen LogP contribution in [0, 0.1) is 11.8 Å². The van der Waals surface area contributed by atoms with Crippen molar-refractivity contribution in [3.63, 3.8) is 0 Å². The highest BCUT2D eigenvalue weighted by atomic mass is 35.5. The van der Waals surface area contributed by atoms with Crippen molar-refractivity contribution in [1.29, 1.82) is 0 Å². The number of fused-ring (bicyclic) bond motifs is 2. The van der Waals surface area contributed by atoms with Crippen molar-refractivity contribution in [2.75, 3.05) is 0 Å². The lowest BCUT2D eigenvalue weighted by atomic mass is 9.72. The molecule has 2 aliphatic carbocycles. The highest BCUT2D eigenvalue weighted by molar-refractivity contribution is 6.31. The van der Waals surface area contributed by atoms with Crippen molar-refractivity contribution in [2.24, 2.45) is 11.8 Å². The summed E-state index contributed by atoms with van der Waals surface area (Å²) in [5, 5.41) is 0.485. The Hall–Kier alpha value is -1.67. The number of benzene rings is 1. The van der Waals surface area contributed by atoms with Gasteiger partial charge in [0.15, 0.2) is 11.6 Å². The molecule has 0 fully saturated rings. The number of allylic oxidation sites excluding steroid dienone is 4. The summed E-state index contributed by atoms with van der Waals surface area (Å²) in [6.07, 6.45) is 7.20. The van der Waals surface area contributed by atoms with Crippen molar-refractivity contribution < 1.29 is 9.59 Å². The quantitative estimate of drug-likeness (QED) is 0.703. The molecule has 2 nitrogen and oxygen atoms in total. The van der Waals surface area contributed by atoms with E-state index in [1.54, 1.807) is 30.4 Å². The summed E-state index contributed by atoms with van der Waals surface area (Å²) in [6, 6.07) is 4.87. The molecule has 1 aromatic carbocycles. The van der Waals surface area contributed by atoms with E-state index in [2.05, 4.69) is 0 Å². The van der Waals surface area contributed by atoms with Gasteiger partial charge in [0.2, 0.25) is 0 Å². The maximum atomic E-state index is 12.3. The van der Waals surface area contributed by atoms with Gasteiger partial charge in [-0.15, -0.1) is 0 Å². The minimum Gasteiger partial charge on any atom is -0.293 e. The van der Waals surface area contributed by atoms with Gasteiger partial charge in [-0.05, 0) is 18.2 Å². The van der Waals surface area contributed by atoms with Crippen LogP contribution in [0.3, 0.4) is 0 Å². The van der Waals surface area contributed by atoms with Gasteiger partial charge in [-0.1, -0.05) is 35.9 Å². The Morgan fingerprint density at radius 3 is 2.12 bits per heavy atom. The molecule has 2 unspecified atom stereocenters. The number of rotatable bonds is 0. The van der Waals surface area contributed by atoms with Crippen molar-refractivity contribution in [1.82, 2.24) is 0 Å². The van der Waals surface area contributed by atoms with Crippen LogP contribution in [0.1, 0.15) is 20.7 Å². The molecule has 0 aromatic heterocycles. The molecule has 0 radical (unpaired) electrons. The van der Waals surface area contributed by atoms with Crippen LogP contribution in [0.4, 0.5) is 0 Å². The lowest BCUT2D eigenvalue weighted by Crippen LogP contribution is -2.35. The SMILES string of the molecule is O=C1c2ccc(Cl)cc2C(=O)C2C=CC=CC12. The van der Waals surface area contributed by atoms with Gasteiger partial charge in [-0.2, -0.15) is 0 Å². The van der Waals surface area contributed by atoms with Gasteiger partial charge in [-0.3, -0.25) is 9.59 Å². The first-order valence-corrected chi connectivity index (χ1v) is 5.79. The third kappa shape index (κ3) is 1.48. The number of Topliss-reactive ketones (excluding diaryl/α,β-unsaturated/α-hetero) is 2. The lowest BCUT2D eigenvalue weighted by molar-refractivity contribution is 0.0801. The Kier molecular flexibility index (Phi) is 2.26. The van der Waals surface area contributed by atoms with Crippen LogP contribution >= 0.6 is 11.6 Å². The van der Waals surface area contributed by atoms with Crippen LogP contribution in [0.15, 0.2) is 42.5 Å². The fourth-order valence-corrected chi connectivity index (χ4v) is 2.57. The molecule has 0 heterocycles. The van der Waals surface area contributed by atoms with Gasteiger partial charge in [0.1, 0.15) is 0 Å². The van der Waals surface area contributed by atoms with E-state index >= 15 is 0 Å². The van der Waals surface area contributed by atoms with Crippen molar-refractivity contribution in [3.05, 3.63) is 58.7 Å². The number of carbonyl (C=O) groups excluding carboxylic acids is 2. The molecule has 0 amide bonds. The van der Waals surface area contributed by atoms with Crippen LogP contribution in [0.5, 0.6) is 0 Å². The zero-order valence-corrected chi connectivity index (χ0v) is 9.65. The summed E-state index contributed by atoms with van der Waals surface area (Å²) in [6.45, 7) is 0. The molecule has 0 saturated carbocycles. The second-order valence-corrected chi connectivity index (χ2v) is 4.68. The second kappa shape index (κ2) is 3.67. The van der Waals surface area contributed by atoms with Crippen molar-refractivity contribution >= 4 is 23.2 Å². The molecule has 17 heavy (non-hydrogen) atoms. The number of carbonyl (C=O) groups is 2. The minimum absolute atomic E-state index is 0.00173. The number of hydrogen-bond donors (Lipinski definition) is 0. The Balaban J connectivity index is 2.21. The molecule has 2 aliphatic rings. The molecule has 0 spiro atoms. The standard InChI is InChI=1S/C14H9ClO2/c15-8-5-6-11-12(7-8)14(17)10-4-2-1-3-9(10)13(11)16/h1-7,9-10H. The van der Waals surface area contributed by atoms with Crippen molar-refractivity contribution in [3.8, 4) is 0 Å². The average Bonchev–Trinajstić information content (AvgIpc) is 2.36. The van der Waals surface area contributed by atoms with E-state index in [1.165, 1.54) is 0 Å². The summed E-state index contributed by atoms with van der Waals surface area (Å²) in [7, 11) is 0. The Labute approximate surface area is 104 Å². The molecule has 1 aromatic rings. The van der Waals surface area contributed by atoms with E-state index in [4.69, 9.17) is 11.6 Å². The predicted molar refractivity (Wildman–Crippen MR) is 65.4 cm³/mol. The van der Waals surface area contributed by atoms with E-state index in [0.29, 0.717) is 16.1 Å². The summed E-state index contributed by atoms with van der Waals surface area (Å²) in [5.74, 6) is -0.728. The largest absolute Gasteiger partial charge is 0.293 e. The fourth-order valence-electron chi connectivity index (χ4n) is 2.40. The van der Waals surface area contributed by atoms with Gasteiger partial charge < -0.3 is 0 Å². The fraction of sp³-hybridized carbons (Fsp3) is 0.143. The predicted octanol–water partition coefficient (Wildman–Crippen LogP) is 3.08. The third-order valence-corrected chi connectivity index (χ3v) is 3.49. The molecular formula is C14H9ClO2. The van der Waals surface area contributed by atoms with E-state index in [-0.39, 0.29) is 23.4 Å². The summed E-state index contributed by atoms with van der Waals surface area (Å²) < 4.78 is 0. The van der Waals surface area contributed by atoms with Crippen LogP contribution in [0.2, 0.25) is 5.02 Å². The highest BCUT2D eigenvalue weighted by Gasteiger charge is 2.39. The second-order valence-electron chi connectivity index (χ2n) is 4.24. The summed E-state index contributed by atoms with van der Waals surface area (Å²) in [5.41, 5.74) is 0.935. The normalized spacial score (nSPS) is 25.7. The molecule has 2 atom stereocenters. The van der Waals surface area contributed by atoms with E-state index in [1.807, 2.05) is 12.2 Å². The first-order valence-electron chi connectivity index (χ1n) is 5.41. The molecule has 3 rings (SSSR count). The molecule has 3 heteroatoms. The van der Waals surface area contributed by atoms with Crippen molar-refractivity contribution in [2.45, 2.75) is 0 Å². The van der Waals surface area contributed by atoms with Gasteiger partial charge in [0, 0.05) is 16.1 Å². The smallest absolute Gasteiger partial charge is 0.171 e. The topological polar surface area (TPSA) is 34.1 Å². The zero-order valence-electron chi connectivity index (χ0n) is 8.89. The molecular weight excluding hydrogens is 236 g/mol. The monoisotopic (exact) mass is 244 g/mol. The van der Waals surface area contributed by atoms with Gasteiger partial charge in [0.05, 0.1) is 11.8 Å². The maximum Gasteiger partial charge on any atom is 0.171 e. The molecule has 84 valence electrons.